The Bertz CT molecular complexity index is 3860. The van der Waals surface area contributed by atoms with Crippen LogP contribution in [0.15, 0.2) is 155 Å². The average Bonchev–Trinajstić information content (AvgIpc) is 1.11. The highest BCUT2D eigenvalue weighted by atomic mass is 35.5. The van der Waals surface area contributed by atoms with E-state index in [-0.39, 0.29) is 80.9 Å². The minimum atomic E-state index is -0.812. The van der Waals surface area contributed by atoms with Gasteiger partial charge in [0.2, 0.25) is 0 Å². The van der Waals surface area contributed by atoms with Gasteiger partial charge in [0.25, 0.3) is 11.1 Å². The number of hydrogen-bond acceptors (Lipinski definition) is 18. The van der Waals surface area contributed by atoms with Gasteiger partial charge in [-0.05, 0) is 99.2 Å². The number of aromatic nitrogens is 2. The zero-order chi connectivity index (χ0) is 64.0. The van der Waals surface area contributed by atoms with Crippen molar-refractivity contribution in [3.8, 4) is 17.2 Å². The molecule has 2 aromatic heterocycles. The summed E-state index contributed by atoms with van der Waals surface area (Å²) in [5.74, 6) is -0.894. The van der Waals surface area contributed by atoms with E-state index < -0.39 is 47.5 Å². The van der Waals surface area contributed by atoms with Gasteiger partial charge in [-0.3, -0.25) is 9.59 Å². The average molecular weight is 1270 g/mol. The number of esters is 2. The molecule has 0 aliphatic carbocycles. The van der Waals surface area contributed by atoms with Crippen LogP contribution in [0.2, 0.25) is 10.0 Å². The molecular formula is C68H75Cl2N5O15. The normalized spacial score (nSPS) is 20.4. The van der Waals surface area contributed by atoms with Crippen molar-refractivity contribution in [1.82, 2.24) is 14.0 Å². The molecule has 12 rings (SSSR count). The number of nitrogens with one attached hydrogen (secondary N) is 1. The Kier molecular flexibility index (Phi) is 23.0. The molecule has 6 heterocycles. The number of pyridine rings is 2. The first-order valence-corrected chi connectivity index (χ1v) is 30.7. The van der Waals surface area contributed by atoms with E-state index in [2.05, 4.69) is 31.0 Å². The van der Waals surface area contributed by atoms with Crippen LogP contribution >= 0.6 is 23.2 Å². The number of benzene rings is 6. The first-order chi connectivity index (χ1) is 43.6. The summed E-state index contributed by atoms with van der Waals surface area (Å²) in [4.78, 5) is 54.4. The number of carbonyl (C=O) groups is 2. The number of carbonyl (C=O) groups excluding carboxylic acids is 2. The summed E-state index contributed by atoms with van der Waals surface area (Å²) >= 11 is 12.7. The van der Waals surface area contributed by atoms with Gasteiger partial charge in [0.05, 0.1) is 79.5 Å². The van der Waals surface area contributed by atoms with E-state index in [4.69, 9.17) is 66.8 Å². The van der Waals surface area contributed by atoms with Crippen molar-refractivity contribution in [1.29, 1.82) is 0 Å². The fourth-order valence-electron chi connectivity index (χ4n) is 11.1. The predicted molar refractivity (Wildman–Crippen MR) is 345 cm³/mol. The maximum absolute atomic E-state index is 13.9. The summed E-state index contributed by atoms with van der Waals surface area (Å²) in [5, 5.41) is 35.2. The van der Waals surface area contributed by atoms with Crippen LogP contribution < -0.4 is 31.6 Å². The number of nitrogens with zero attached hydrogens (tertiary/aromatic N) is 3. The van der Waals surface area contributed by atoms with Gasteiger partial charge in [0, 0.05) is 22.1 Å². The number of nitrogen functional groups attached to an aromatic ring is 1. The van der Waals surface area contributed by atoms with Crippen molar-refractivity contribution in [2.75, 3.05) is 70.3 Å². The minimum Gasteiger partial charge on any atom is -0.506 e. The number of rotatable bonds is 17. The maximum atomic E-state index is 13.9. The molecule has 8 atom stereocenters. The Balaban J connectivity index is 0.000000165. The molecular weight excluding hydrogens is 1200 g/mol. The van der Waals surface area contributed by atoms with Crippen LogP contribution in [0.1, 0.15) is 66.5 Å². The number of ether oxygens (including phenoxy) is 8. The highest BCUT2D eigenvalue weighted by Crippen LogP contribution is 2.38. The molecule has 0 amide bonds. The molecule has 476 valence electrons. The highest BCUT2D eigenvalue weighted by Gasteiger charge is 2.49. The summed E-state index contributed by atoms with van der Waals surface area (Å²) < 4.78 is 47.4. The summed E-state index contributed by atoms with van der Waals surface area (Å²) in [6, 6.07) is 43.6. The van der Waals surface area contributed by atoms with Gasteiger partial charge in [-0.15, -0.1) is 0 Å². The van der Waals surface area contributed by atoms with Gasteiger partial charge in [-0.1, -0.05) is 135 Å². The standard InChI is InChI=1S/C31H29ClN2O7.C19H17NO4.C12H14ClNO4.C6H15N/c1-2-38-31(37)26-27(20-10-6-7-11-22(20)34(30(26)36)15-18-8-4-3-5-9-18)33-19-12-13-24(21(32)14-19)41-25-17-40-28-23(35)16-39-29(25)28;1-2-24-19(23)16-17(21)14-10-6-7-11-15(14)20(18(16)22)12-13-8-4-3-5-9-13;13-7-3-6(14)1-2-9(7)18-10-5-17-11-8(15)4-16-12(10)11;1-4-7(5-2)6-3/h3-14,23,25,28-29,33,35H,2,15-17H2,1H3;3-11,21H,2,12H2,1H3;1-3,8,10-12,15H,4-5,14H2;4-6H2,1-3H3/t23-,25?,28+,29+;;8-,10?,11+,12+;/m0.0./s1. The summed E-state index contributed by atoms with van der Waals surface area (Å²) in [5.41, 5.74) is 8.71. The second-order valence-electron chi connectivity index (χ2n) is 21.4. The molecule has 4 aliphatic heterocycles. The molecule has 8 aromatic rings. The number of aromatic hydroxyl groups is 1. The van der Waals surface area contributed by atoms with Gasteiger partial charge >= 0.3 is 11.9 Å². The number of aliphatic hydroxyl groups excluding tert-OH is 2. The zero-order valence-corrected chi connectivity index (χ0v) is 52.2. The lowest BCUT2D eigenvalue weighted by molar-refractivity contribution is 0.00863. The van der Waals surface area contributed by atoms with E-state index in [0.29, 0.717) is 73.6 Å². The molecule has 0 saturated carbocycles. The Morgan fingerprint density at radius 2 is 1.00 bits per heavy atom. The highest BCUT2D eigenvalue weighted by molar-refractivity contribution is 6.32. The molecule has 22 heteroatoms. The molecule has 2 unspecified atom stereocenters. The monoisotopic (exact) mass is 1270 g/mol. The first kappa shape index (κ1) is 66.4. The van der Waals surface area contributed by atoms with E-state index in [1.807, 2.05) is 84.9 Å². The quantitative estimate of drug-likeness (QED) is 0.0420. The lowest BCUT2D eigenvalue weighted by Crippen LogP contribution is -2.34. The topological polar surface area (TPSA) is 254 Å². The largest absolute Gasteiger partial charge is 0.506 e. The predicted octanol–water partition coefficient (Wildman–Crippen LogP) is 9.64. The molecule has 20 nitrogen and oxygen atoms in total. The number of anilines is 3. The van der Waals surface area contributed by atoms with E-state index in [1.165, 1.54) is 24.2 Å². The molecule has 6 N–H and O–H groups in total. The maximum Gasteiger partial charge on any atom is 0.347 e. The van der Waals surface area contributed by atoms with Gasteiger partial charge in [-0.2, -0.15) is 0 Å². The van der Waals surface area contributed by atoms with Gasteiger partial charge in [0.15, 0.2) is 17.8 Å². The minimum absolute atomic E-state index is 0.0935. The number of nitrogens with two attached hydrogens (primary N) is 1. The molecule has 0 bridgehead atoms. The Morgan fingerprint density at radius 3 is 1.48 bits per heavy atom. The fourth-order valence-corrected chi connectivity index (χ4v) is 11.5. The lowest BCUT2D eigenvalue weighted by Gasteiger charge is -2.20. The molecule has 4 saturated heterocycles. The van der Waals surface area contributed by atoms with Crippen molar-refractivity contribution in [3.05, 3.63) is 199 Å². The molecule has 90 heavy (non-hydrogen) atoms. The third-order valence-electron chi connectivity index (χ3n) is 15.7. The molecule has 0 radical (unpaired) electrons. The third-order valence-corrected chi connectivity index (χ3v) is 16.3. The molecule has 4 fully saturated rings. The van der Waals surface area contributed by atoms with Crippen molar-refractivity contribution >= 4 is 74.0 Å². The second kappa shape index (κ2) is 31.1. The molecule has 6 aromatic carbocycles. The summed E-state index contributed by atoms with van der Waals surface area (Å²) in [7, 11) is 0. The van der Waals surface area contributed by atoms with Crippen molar-refractivity contribution in [2.45, 2.75) is 96.5 Å². The van der Waals surface area contributed by atoms with Gasteiger partial charge in [-0.25, -0.2) is 9.59 Å². The number of halogens is 2. The van der Waals surface area contributed by atoms with E-state index >= 15 is 0 Å². The number of aliphatic hydroxyl groups is 2. The van der Waals surface area contributed by atoms with Crippen LogP contribution in [0.5, 0.6) is 17.2 Å². The third kappa shape index (κ3) is 15.4. The Morgan fingerprint density at radius 1 is 0.567 bits per heavy atom. The van der Waals surface area contributed by atoms with Crippen molar-refractivity contribution in [2.24, 2.45) is 0 Å². The van der Waals surface area contributed by atoms with E-state index in [1.54, 1.807) is 79.1 Å². The number of fused-ring (bicyclic) bond motifs is 4. The second-order valence-corrected chi connectivity index (χ2v) is 22.2. The Labute approximate surface area is 531 Å². The molecule has 0 spiro atoms. The van der Waals surface area contributed by atoms with Crippen LogP contribution in [0.25, 0.3) is 21.8 Å². The molecule has 4 aliphatic rings. The van der Waals surface area contributed by atoms with Gasteiger partial charge in [0.1, 0.15) is 59.4 Å². The van der Waals surface area contributed by atoms with Crippen LogP contribution in [-0.4, -0.2) is 149 Å². The fraction of sp³-hybridized carbons (Fsp3) is 0.353. The first-order valence-electron chi connectivity index (χ1n) is 30.0. The Hall–Kier alpha value is -8.02. The van der Waals surface area contributed by atoms with Crippen LogP contribution in [0.4, 0.5) is 17.1 Å². The van der Waals surface area contributed by atoms with Crippen molar-refractivity contribution in [3.63, 3.8) is 0 Å². The summed E-state index contributed by atoms with van der Waals surface area (Å²) in [6.07, 6.45) is -3.26. The smallest absolute Gasteiger partial charge is 0.347 e. The van der Waals surface area contributed by atoms with Crippen LogP contribution in [-0.2, 0) is 41.5 Å². The van der Waals surface area contributed by atoms with E-state index in [0.717, 1.165) is 11.1 Å². The van der Waals surface area contributed by atoms with Crippen LogP contribution in [0, 0.1) is 0 Å². The lowest BCUT2D eigenvalue weighted by atomic mass is 10.1. The van der Waals surface area contributed by atoms with Gasteiger partial charge < -0.3 is 78.3 Å². The number of para-hydroxylation sites is 2. The SMILES string of the molecule is CCN(CC)CC.CCOC(=O)c1c(Nc2ccc(OC3CO[C@H]4[C@@H]3OC[C@@H]4O)c(Cl)c2)c2ccccc2n(Cc2ccccc2)c1=O.CCOC(=O)c1c(O)c2ccccc2n(Cc2ccccc2)c1=O.Nc1ccc(OC2CO[C@H]3[C@@H]2OC[C@@H]3O)c(Cl)c1. The zero-order valence-electron chi connectivity index (χ0n) is 50.7. The number of hydrogen-bond donors (Lipinski definition) is 5. The van der Waals surface area contributed by atoms with Crippen LogP contribution in [0.3, 0.4) is 0 Å². The summed E-state index contributed by atoms with van der Waals surface area (Å²) in [6.45, 7) is 15.4. The van der Waals surface area contributed by atoms with E-state index in [9.17, 15) is 34.5 Å². The van der Waals surface area contributed by atoms with Crippen molar-refractivity contribution < 1.29 is 62.8 Å².